The highest BCUT2D eigenvalue weighted by atomic mass is 32.2. The number of hydrogen-bond donors (Lipinski definition) is 1. The molecule has 1 aromatic rings. The van der Waals surface area contributed by atoms with Crippen LogP contribution in [0.5, 0.6) is 5.75 Å². The Kier molecular flexibility index (Phi) is 8.07. The lowest BCUT2D eigenvalue weighted by molar-refractivity contribution is -0.121. The van der Waals surface area contributed by atoms with Crippen LogP contribution in [0, 0.1) is 5.92 Å². The summed E-state index contributed by atoms with van der Waals surface area (Å²) in [5.41, 5.74) is 0.714. The van der Waals surface area contributed by atoms with E-state index in [9.17, 15) is 13.2 Å². The fourth-order valence-corrected chi connectivity index (χ4v) is 4.34. The van der Waals surface area contributed by atoms with Crippen LogP contribution < -0.4 is 10.1 Å². The Labute approximate surface area is 162 Å². The van der Waals surface area contributed by atoms with Crippen molar-refractivity contribution in [3.05, 3.63) is 23.8 Å². The van der Waals surface area contributed by atoms with E-state index in [0.29, 0.717) is 56.5 Å². The number of ether oxygens (including phenoxy) is 2. The molecule has 2 rings (SSSR count). The maximum Gasteiger partial charge on any atom is 0.243 e. The second-order valence-electron chi connectivity index (χ2n) is 7.02. The maximum atomic E-state index is 12.8. The van der Waals surface area contributed by atoms with Gasteiger partial charge in [-0.2, -0.15) is 4.31 Å². The summed E-state index contributed by atoms with van der Waals surface area (Å²) in [6.07, 6.45) is 1.64. The van der Waals surface area contributed by atoms with Crippen molar-refractivity contribution in [2.75, 3.05) is 40.0 Å². The van der Waals surface area contributed by atoms with E-state index in [-0.39, 0.29) is 17.2 Å². The van der Waals surface area contributed by atoms with Gasteiger partial charge in [0.05, 0.1) is 25.2 Å². The number of sulfonamides is 1. The van der Waals surface area contributed by atoms with Crippen molar-refractivity contribution in [3.8, 4) is 5.75 Å². The van der Waals surface area contributed by atoms with E-state index in [0.717, 1.165) is 6.42 Å². The van der Waals surface area contributed by atoms with E-state index in [1.165, 1.54) is 11.4 Å². The van der Waals surface area contributed by atoms with Gasteiger partial charge in [0, 0.05) is 26.1 Å². The third kappa shape index (κ3) is 6.19. The number of carbonyl (C=O) groups is 1. The minimum absolute atomic E-state index is 0.0425. The number of aryl methyl sites for hydroxylation is 1. The minimum atomic E-state index is -3.57. The Morgan fingerprint density at radius 2 is 2.00 bits per heavy atom. The molecule has 0 aromatic heterocycles. The Morgan fingerprint density at radius 3 is 2.63 bits per heavy atom. The van der Waals surface area contributed by atoms with Crippen LogP contribution in [0.15, 0.2) is 23.1 Å². The molecule has 27 heavy (non-hydrogen) atoms. The molecule has 0 radical (unpaired) electrons. The molecule has 0 spiro atoms. The van der Waals surface area contributed by atoms with Crippen LogP contribution >= 0.6 is 0 Å². The number of hydrogen-bond acceptors (Lipinski definition) is 5. The van der Waals surface area contributed by atoms with Crippen molar-refractivity contribution in [2.24, 2.45) is 5.92 Å². The van der Waals surface area contributed by atoms with Gasteiger partial charge in [-0.1, -0.05) is 13.8 Å². The van der Waals surface area contributed by atoms with Gasteiger partial charge < -0.3 is 14.8 Å². The molecule has 1 fully saturated rings. The quantitative estimate of drug-likeness (QED) is 0.686. The molecule has 152 valence electrons. The van der Waals surface area contributed by atoms with Crippen molar-refractivity contribution < 1.29 is 22.7 Å². The first-order valence-corrected chi connectivity index (χ1v) is 10.8. The van der Waals surface area contributed by atoms with Crippen LogP contribution in [0.25, 0.3) is 0 Å². The summed E-state index contributed by atoms with van der Waals surface area (Å²) < 4.78 is 37.7. The number of nitrogens with one attached hydrogen (secondary N) is 1. The molecule has 1 saturated heterocycles. The van der Waals surface area contributed by atoms with E-state index in [1.807, 2.05) is 0 Å². The van der Waals surface area contributed by atoms with E-state index < -0.39 is 10.0 Å². The van der Waals surface area contributed by atoms with Crippen LogP contribution in [0.1, 0.15) is 32.3 Å². The number of benzene rings is 1. The lowest BCUT2D eigenvalue weighted by Gasteiger charge is -2.26. The summed E-state index contributed by atoms with van der Waals surface area (Å²) in [4.78, 5) is 12.3. The molecule has 1 N–H and O–H groups in total. The summed E-state index contributed by atoms with van der Waals surface area (Å²) in [7, 11) is -2.04. The third-order valence-electron chi connectivity index (χ3n) is 4.52. The minimum Gasteiger partial charge on any atom is -0.496 e. The van der Waals surface area contributed by atoms with Crippen molar-refractivity contribution >= 4 is 15.9 Å². The molecule has 1 heterocycles. The Hall–Kier alpha value is -1.64. The molecule has 0 bridgehead atoms. The van der Waals surface area contributed by atoms with Crippen LogP contribution in [0.3, 0.4) is 0 Å². The van der Waals surface area contributed by atoms with Gasteiger partial charge in [-0.3, -0.25) is 4.79 Å². The van der Waals surface area contributed by atoms with Gasteiger partial charge in [-0.15, -0.1) is 0 Å². The number of carbonyl (C=O) groups excluding carboxylic acids is 1. The summed E-state index contributed by atoms with van der Waals surface area (Å²) in [5, 5.41) is 2.90. The van der Waals surface area contributed by atoms with E-state index >= 15 is 0 Å². The lowest BCUT2D eigenvalue weighted by Crippen LogP contribution is -2.40. The highest BCUT2D eigenvalue weighted by Crippen LogP contribution is 2.26. The Bertz CT molecular complexity index is 728. The highest BCUT2D eigenvalue weighted by molar-refractivity contribution is 7.89. The molecule has 0 atom stereocenters. The van der Waals surface area contributed by atoms with E-state index in [4.69, 9.17) is 9.47 Å². The number of methoxy groups -OCH3 is 1. The standard InChI is InChI=1S/C19H30N2O5S/c1-15(2)8-9-20-19(22)7-4-16-14-17(5-6-18(16)25-3)27(23,24)21-10-12-26-13-11-21/h5-6,14-15H,4,7-13H2,1-3H3,(H,20,22). The molecular weight excluding hydrogens is 368 g/mol. The zero-order valence-corrected chi connectivity index (χ0v) is 17.2. The van der Waals surface area contributed by atoms with Gasteiger partial charge in [-0.25, -0.2) is 8.42 Å². The number of morpholine rings is 1. The van der Waals surface area contributed by atoms with E-state index in [2.05, 4.69) is 19.2 Å². The SMILES string of the molecule is COc1ccc(S(=O)(=O)N2CCOCC2)cc1CCC(=O)NCCC(C)C. The summed E-state index contributed by atoms with van der Waals surface area (Å²) in [6.45, 7) is 6.37. The van der Waals surface area contributed by atoms with Crippen LogP contribution in [-0.4, -0.2) is 58.6 Å². The normalized spacial score (nSPS) is 15.7. The predicted molar refractivity (Wildman–Crippen MR) is 103 cm³/mol. The Balaban J connectivity index is 2.07. The molecule has 0 unspecified atom stereocenters. The zero-order valence-electron chi connectivity index (χ0n) is 16.4. The van der Waals surface area contributed by atoms with Crippen molar-refractivity contribution in [2.45, 2.75) is 38.0 Å². The molecule has 8 heteroatoms. The highest BCUT2D eigenvalue weighted by Gasteiger charge is 2.27. The second-order valence-corrected chi connectivity index (χ2v) is 8.96. The molecule has 0 aliphatic carbocycles. The van der Waals surface area contributed by atoms with Gasteiger partial charge in [0.25, 0.3) is 0 Å². The first-order valence-electron chi connectivity index (χ1n) is 9.36. The number of nitrogens with zero attached hydrogens (tertiary/aromatic N) is 1. The number of rotatable bonds is 9. The molecule has 1 amide bonds. The zero-order chi connectivity index (χ0) is 19.9. The average Bonchev–Trinajstić information content (AvgIpc) is 2.66. The molecule has 1 aromatic carbocycles. The average molecular weight is 399 g/mol. The lowest BCUT2D eigenvalue weighted by atomic mass is 10.1. The van der Waals surface area contributed by atoms with Crippen molar-refractivity contribution in [1.29, 1.82) is 0 Å². The van der Waals surface area contributed by atoms with Gasteiger partial charge in [0.2, 0.25) is 15.9 Å². The molecule has 1 aliphatic heterocycles. The van der Waals surface area contributed by atoms with Crippen LogP contribution in [0.2, 0.25) is 0 Å². The summed E-state index contributed by atoms with van der Waals surface area (Å²) in [6, 6.07) is 4.82. The van der Waals surface area contributed by atoms with Crippen molar-refractivity contribution in [3.63, 3.8) is 0 Å². The van der Waals surface area contributed by atoms with E-state index in [1.54, 1.807) is 18.2 Å². The van der Waals surface area contributed by atoms with Crippen molar-refractivity contribution in [1.82, 2.24) is 9.62 Å². The molecule has 0 saturated carbocycles. The molecular formula is C19H30N2O5S. The molecule has 7 nitrogen and oxygen atoms in total. The molecule has 1 aliphatic rings. The van der Waals surface area contributed by atoms with Gasteiger partial charge in [0.1, 0.15) is 5.75 Å². The van der Waals surface area contributed by atoms with Crippen LogP contribution in [-0.2, 0) is 26.0 Å². The van der Waals surface area contributed by atoms with Gasteiger partial charge in [-0.05, 0) is 42.5 Å². The smallest absolute Gasteiger partial charge is 0.243 e. The number of amides is 1. The summed E-state index contributed by atoms with van der Waals surface area (Å²) >= 11 is 0. The predicted octanol–water partition coefficient (Wildman–Crippen LogP) is 1.81. The third-order valence-corrected chi connectivity index (χ3v) is 6.42. The summed E-state index contributed by atoms with van der Waals surface area (Å²) in [5.74, 6) is 1.08. The fourth-order valence-electron chi connectivity index (χ4n) is 2.88. The monoisotopic (exact) mass is 398 g/mol. The first-order chi connectivity index (χ1) is 12.8. The maximum absolute atomic E-state index is 12.8. The first kappa shape index (κ1) is 21.7. The van der Waals surface area contributed by atoms with Gasteiger partial charge >= 0.3 is 0 Å². The largest absolute Gasteiger partial charge is 0.496 e. The fraction of sp³-hybridized carbons (Fsp3) is 0.632. The second kappa shape index (κ2) is 10.1. The topological polar surface area (TPSA) is 84.9 Å². The van der Waals surface area contributed by atoms with Gasteiger partial charge in [0.15, 0.2) is 0 Å². The van der Waals surface area contributed by atoms with Crippen LogP contribution in [0.4, 0.5) is 0 Å². The Morgan fingerprint density at radius 1 is 1.30 bits per heavy atom.